The van der Waals surface area contributed by atoms with Crippen molar-refractivity contribution in [2.24, 2.45) is 0 Å². The molecule has 4 nitrogen and oxygen atoms in total. The van der Waals surface area contributed by atoms with Crippen molar-refractivity contribution in [3.63, 3.8) is 0 Å². The van der Waals surface area contributed by atoms with E-state index in [9.17, 15) is 4.39 Å². The Morgan fingerprint density at radius 2 is 2.00 bits per heavy atom. The fourth-order valence-corrected chi connectivity index (χ4v) is 2.19. The molecule has 0 radical (unpaired) electrons. The van der Waals surface area contributed by atoms with E-state index in [-0.39, 0.29) is 5.82 Å². The van der Waals surface area contributed by atoms with Gasteiger partial charge >= 0.3 is 0 Å². The van der Waals surface area contributed by atoms with E-state index in [1.807, 2.05) is 31.7 Å². The van der Waals surface area contributed by atoms with Gasteiger partial charge in [0.05, 0.1) is 17.1 Å². The van der Waals surface area contributed by atoms with Gasteiger partial charge in [0.2, 0.25) is 0 Å². The lowest BCUT2D eigenvalue weighted by molar-refractivity contribution is 0.616. The zero-order valence-electron chi connectivity index (χ0n) is 11.5. The number of nitrogens with zero attached hydrogens (tertiary/aromatic N) is 3. The van der Waals surface area contributed by atoms with Gasteiger partial charge < -0.3 is 10.6 Å². The Balaban J connectivity index is 2.57. The molecule has 0 saturated carbocycles. The SMILES string of the molecule is CCN(c1ccccc1F)c1c(N)c(C)nn1CC. The van der Waals surface area contributed by atoms with Gasteiger partial charge in [-0.15, -0.1) is 0 Å². The summed E-state index contributed by atoms with van der Waals surface area (Å²) in [6.07, 6.45) is 0. The van der Waals surface area contributed by atoms with Gasteiger partial charge in [-0.2, -0.15) is 5.10 Å². The molecule has 1 heterocycles. The van der Waals surface area contributed by atoms with E-state index in [1.165, 1.54) is 6.07 Å². The molecule has 0 aliphatic carbocycles. The molecule has 2 aromatic rings. The lowest BCUT2D eigenvalue weighted by Gasteiger charge is -2.24. The molecule has 1 aromatic heterocycles. The molecule has 0 amide bonds. The largest absolute Gasteiger partial charge is 0.394 e. The van der Waals surface area contributed by atoms with Crippen LogP contribution in [0, 0.1) is 12.7 Å². The molecule has 0 unspecified atom stereocenters. The van der Waals surface area contributed by atoms with Gasteiger partial charge in [0.25, 0.3) is 0 Å². The molecule has 0 bridgehead atoms. The average Bonchev–Trinajstić information content (AvgIpc) is 2.69. The molecular formula is C14H19FN4. The summed E-state index contributed by atoms with van der Waals surface area (Å²) in [6.45, 7) is 7.13. The van der Waals surface area contributed by atoms with E-state index in [4.69, 9.17) is 5.73 Å². The summed E-state index contributed by atoms with van der Waals surface area (Å²) in [5.74, 6) is 0.498. The molecular weight excluding hydrogens is 243 g/mol. The van der Waals surface area contributed by atoms with Gasteiger partial charge in [-0.05, 0) is 32.9 Å². The molecule has 19 heavy (non-hydrogen) atoms. The Labute approximate surface area is 112 Å². The number of nitrogen functional groups attached to an aromatic ring is 1. The summed E-state index contributed by atoms with van der Waals surface area (Å²) in [6, 6.07) is 6.70. The molecule has 0 fully saturated rings. The summed E-state index contributed by atoms with van der Waals surface area (Å²) in [7, 11) is 0. The number of anilines is 3. The number of hydrogen-bond acceptors (Lipinski definition) is 3. The minimum atomic E-state index is -0.259. The molecule has 0 saturated heterocycles. The third-order valence-corrected chi connectivity index (χ3v) is 3.16. The molecule has 5 heteroatoms. The standard InChI is InChI=1S/C14H19FN4/c1-4-18(12-9-7-6-8-11(12)15)14-13(16)10(3)17-19(14)5-2/h6-9H,4-5,16H2,1-3H3. The summed E-state index contributed by atoms with van der Waals surface area (Å²) in [5.41, 5.74) is 7.99. The molecule has 2 N–H and O–H groups in total. The van der Waals surface area contributed by atoms with Gasteiger partial charge in [-0.1, -0.05) is 12.1 Å². The minimum Gasteiger partial charge on any atom is -0.394 e. The lowest BCUT2D eigenvalue weighted by atomic mass is 10.2. The average molecular weight is 262 g/mol. The van der Waals surface area contributed by atoms with Crippen molar-refractivity contribution in [2.75, 3.05) is 17.2 Å². The molecule has 0 aliphatic heterocycles. The molecule has 102 valence electrons. The van der Waals surface area contributed by atoms with E-state index in [0.29, 0.717) is 24.5 Å². The first-order valence-electron chi connectivity index (χ1n) is 6.45. The fraction of sp³-hybridized carbons (Fsp3) is 0.357. The van der Waals surface area contributed by atoms with E-state index in [2.05, 4.69) is 5.10 Å². The number of rotatable bonds is 4. The van der Waals surface area contributed by atoms with Crippen LogP contribution in [0.25, 0.3) is 0 Å². The van der Waals surface area contributed by atoms with Crippen LogP contribution < -0.4 is 10.6 Å². The predicted octanol–water partition coefficient (Wildman–Crippen LogP) is 3.09. The van der Waals surface area contributed by atoms with Crippen molar-refractivity contribution in [3.8, 4) is 0 Å². The zero-order valence-corrected chi connectivity index (χ0v) is 11.5. The summed E-state index contributed by atoms with van der Waals surface area (Å²) in [4.78, 5) is 1.86. The van der Waals surface area contributed by atoms with Crippen molar-refractivity contribution in [3.05, 3.63) is 35.8 Å². The van der Waals surface area contributed by atoms with E-state index >= 15 is 0 Å². The van der Waals surface area contributed by atoms with E-state index in [0.717, 1.165) is 11.5 Å². The van der Waals surface area contributed by atoms with Crippen LogP contribution in [0.2, 0.25) is 0 Å². The predicted molar refractivity (Wildman–Crippen MR) is 76.1 cm³/mol. The molecule has 2 rings (SSSR count). The quantitative estimate of drug-likeness (QED) is 0.921. The molecule has 0 aliphatic rings. The van der Waals surface area contributed by atoms with Gasteiger partial charge in [-0.3, -0.25) is 0 Å². The maximum absolute atomic E-state index is 14.0. The summed E-state index contributed by atoms with van der Waals surface area (Å²) >= 11 is 0. The van der Waals surface area contributed by atoms with Gasteiger partial charge in [0, 0.05) is 13.1 Å². The van der Waals surface area contributed by atoms with Crippen molar-refractivity contribution >= 4 is 17.2 Å². The Hall–Kier alpha value is -2.04. The van der Waals surface area contributed by atoms with Crippen molar-refractivity contribution < 1.29 is 4.39 Å². The fourth-order valence-electron chi connectivity index (χ4n) is 2.19. The molecule has 1 aromatic carbocycles. The van der Waals surface area contributed by atoms with Crippen LogP contribution in [-0.4, -0.2) is 16.3 Å². The summed E-state index contributed by atoms with van der Waals surface area (Å²) < 4.78 is 15.8. The highest BCUT2D eigenvalue weighted by molar-refractivity contribution is 5.73. The highest BCUT2D eigenvalue weighted by Crippen LogP contribution is 2.33. The van der Waals surface area contributed by atoms with Crippen LogP contribution in [-0.2, 0) is 6.54 Å². The van der Waals surface area contributed by atoms with Crippen LogP contribution in [0.15, 0.2) is 24.3 Å². The Morgan fingerprint density at radius 3 is 2.58 bits per heavy atom. The van der Waals surface area contributed by atoms with Crippen molar-refractivity contribution in [1.29, 1.82) is 0 Å². The lowest BCUT2D eigenvalue weighted by Crippen LogP contribution is -2.22. The van der Waals surface area contributed by atoms with Crippen LogP contribution in [0.1, 0.15) is 19.5 Å². The number of nitrogens with two attached hydrogens (primary N) is 1. The minimum absolute atomic E-state index is 0.259. The number of benzene rings is 1. The van der Waals surface area contributed by atoms with Gasteiger partial charge in [0.15, 0.2) is 5.82 Å². The second-order valence-electron chi connectivity index (χ2n) is 4.33. The van der Waals surface area contributed by atoms with Gasteiger partial charge in [0.1, 0.15) is 5.82 Å². The van der Waals surface area contributed by atoms with Gasteiger partial charge in [-0.25, -0.2) is 9.07 Å². The van der Waals surface area contributed by atoms with Crippen LogP contribution >= 0.6 is 0 Å². The maximum Gasteiger partial charge on any atom is 0.155 e. The third kappa shape index (κ3) is 2.28. The second-order valence-corrected chi connectivity index (χ2v) is 4.33. The number of aromatic nitrogens is 2. The Morgan fingerprint density at radius 1 is 1.32 bits per heavy atom. The number of para-hydroxylation sites is 1. The first-order chi connectivity index (χ1) is 9.10. The second kappa shape index (κ2) is 5.30. The Bertz CT molecular complexity index is 577. The molecule has 0 spiro atoms. The summed E-state index contributed by atoms with van der Waals surface area (Å²) in [5, 5.41) is 4.38. The van der Waals surface area contributed by atoms with Crippen molar-refractivity contribution in [1.82, 2.24) is 9.78 Å². The highest BCUT2D eigenvalue weighted by Gasteiger charge is 2.20. The zero-order chi connectivity index (χ0) is 14.0. The third-order valence-electron chi connectivity index (χ3n) is 3.16. The molecule has 0 atom stereocenters. The normalized spacial score (nSPS) is 10.7. The van der Waals surface area contributed by atoms with E-state index in [1.54, 1.807) is 16.8 Å². The first kappa shape index (κ1) is 13.4. The van der Waals surface area contributed by atoms with Crippen LogP contribution in [0.3, 0.4) is 0 Å². The first-order valence-corrected chi connectivity index (χ1v) is 6.45. The number of hydrogen-bond donors (Lipinski definition) is 1. The number of halogens is 1. The number of aryl methyl sites for hydroxylation is 2. The highest BCUT2D eigenvalue weighted by atomic mass is 19.1. The van der Waals surface area contributed by atoms with Crippen LogP contribution in [0.4, 0.5) is 21.6 Å². The maximum atomic E-state index is 14.0. The monoisotopic (exact) mass is 262 g/mol. The smallest absolute Gasteiger partial charge is 0.155 e. The topological polar surface area (TPSA) is 47.1 Å². The Kier molecular flexibility index (Phi) is 3.74. The van der Waals surface area contributed by atoms with Crippen molar-refractivity contribution in [2.45, 2.75) is 27.3 Å². The van der Waals surface area contributed by atoms with E-state index < -0.39 is 0 Å². The van der Waals surface area contributed by atoms with Crippen LogP contribution in [0.5, 0.6) is 0 Å².